The van der Waals surface area contributed by atoms with Crippen LogP contribution in [0.1, 0.15) is 5.56 Å². The van der Waals surface area contributed by atoms with E-state index in [0.717, 1.165) is 11.8 Å². The van der Waals surface area contributed by atoms with Crippen LogP contribution in [0.2, 0.25) is 0 Å². The van der Waals surface area contributed by atoms with E-state index in [4.69, 9.17) is 17.2 Å². The third-order valence-electron chi connectivity index (χ3n) is 2.00. The zero-order chi connectivity index (χ0) is 14.6. The SMILES string of the molecule is Cc1ccc(N=C(N)N=C(N)N)cc1NS(C)(=O)=O. The number of nitrogens with one attached hydrogen (secondary N) is 1. The molecular formula is C10H16N6O2S. The third-order valence-corrected chi connectivity index (χ3v) is 2.59. The van der Waals surface area contributed by atoms with E-state index in [1.807, 2.05) is 0 Å². The number of hydrogen-bond donors (Lipinski definition) is 4. The molecule has 0 saturated heterocycles. The molecule has 0 bridgehead atoms. The summed E-state index contributed by atoms with van der Waals surface area (Å²) in [5.41, 5.74) is 17.4. The van der Waals surface area contributed by atoms with Crippen LogP contribution >= 0.6 is 0 Å². The molecule has 9 heteroatoms. The van der Waals surface area contributed by atoms with E-state index in [9.17, 15) is 8.42 Å². The van der Waals surface area contributed by atoms with Gasteiger partial charge in [-0.3, -0.25) is 4.72 Å². The highest BCUT2D eigenvalue weighted by atomic mass is 32.2. The fourth-order valence-electron chi connectivity index (χ4n) is 1.28. The maximum absolute atomic E-state index is 11.2. The summed E-state index contributed by atoms with van der Waals surface area (Å²) in [5.74, 6) is -0.322. The minimum absolute atomic E-state index is 0.117. The lowest BCUT2D eigenvalue weighted by Gasteiger charge is -2.08. The molecule has 0 unspecified atom stereocenters. The molecule has 0 radical (unpaired) electrons. The highest BCUT2D eigenvalue weighted by Gasteiger charge is 2.06. The van der Waals surface area contributed by atoms with Gasteiger partial charge < -0.3 is 17.2 Å². The summed E-state index contributed by atoms with van der Waals surface area (Å²) in [6, 6.07) is 4.90. The summed E-state index contributed by atoms with van der Waals surface area (Å²) in [7, 11) is -3.36. The minimum atomic E-state index is -3.36. The van der Waals surface area contributed by atoms with Gasteiger partial charge in [0.05, 0.1) is 17.6 Å². The van der Waals surface area contributed by atoms with Gasteiger partial charge in [0.2, 0.25) is 16.0 Å². The first kappa shape index (κ1) is 14.8. The Labute approximate surface area is 111 Å². The van der Waals surface area contributed by atoms with Gasteiger partial charge in [-0.05, 0) is 24.6 Å². The van der Waals surface area contributed by atoms with E-state index in [0.29, 0.717) is 11.4 Å². The van der Waals surface area contributed by atoms with Crippen LogP contribution in [0.15, 0.2) is 28.2 Å². The number of aryl methyl sites for hydroxylation is 1. The lowest BCUT2D eigenvalue weighted by atomic mass is 10.2. The second-order valence-corrected chi connectivity index (χ2v) is 5.63. The maximum atomic E-state index is 11.2. The van der Waals surface area contributed by atoms with Gasteiger partial charge in [-0.15, -0.1) is 0 Å². The predicted molar refractivity (Wildman–Crippen MR) is 76.7 cm³/mol. The molecule has 0 fully saturated rings. The topological polar surface area (TPSA) is 149 Å². The normalized spacial score (nSPS) is 12.0. The summed E-state index contributed by atoms with van der Waals surface area (Å²) in [6.45, 7) is 1.76. The molecule has 8 nitrogen and oxygen atoms in total. The van der Waals surface area contributed by atoms with E-state index in [1.54, 1.807) is 19.1 Å². The number of rotatable bonds is 3. The van der Waals surface area contributed by atoms with Crippen molar-refractivity contribution in [2.24, 2.45) is 27.2 Å². The molecule has 7 N–H and O–H groups in total. The molecule has 1 aromatic carbocycles. The number of nitrogens with two attached hydrogens (primary N) is 3. The molecule has 0 aromatic heterocycles. The second-order valence-electron chi connectivity index (χ2n) is 3.88. The average molecular weight is 284 g/mol. The zero-order valence-corrected chi connectivity index (χ0v) is 11.4. The Hall–Kier alpha value is -2.29. The van der Waals surface area contributed by atoms with Gasteiger partial charge >= 0.3 is 0 Å². The monoisotopic (exact) mass is 284 g/mol. The molecule has 1 aromatic rings. The molecule has 0 spiro atoms. The first-order valence-corrected chi connectivity index (χ1v) is 7.09. The Kier molecular flexibility index (Phi) is 4.33. The van der Waals surface area contributed by atoms with Crippen molar-refractivity contribution >= 4 is 33.3 Å². The van der Waals surface area contributed by atoms with Crippen LogP contribution in [0.5, 0.6) is 0 Å². The Bertz CT molecular complexity index is 631. The average Bonchev–Trinajstić information content (AvgIpc) is 2.19. The van der Waals surface area contributed by atoms with Crippen LogP contribution < -0.4 is 21.9 Å². The third kappa shape index (κ3) is 5.25. The molecule has 19 heavy (non-hydrogen) atoms. The summed E-state index contributed by atoms with van der Waals surface area (Å²) < 4.78 is 24.8. The van der Waals surface area contributed by atoms with Crippen LogP contribution in [-0.2, 0) is 10.0 Å². The number of aliphatic imine (C=N–C) groups is 2. The molecule has 0 heterocycles. The van der Waals surface area contributed by atoms with E-state index in [1.165, 1.54) is 6.07 Å². The first-order chi connectivity index (χ1) is 8.67. The number of nitrogens with zero attached hydrogens (tertiary/aromatic N) is 2. The van der Waals surface area contributed by atoms with Crippen LogP contribution in [-0.4, -0.2) is 26.6 Å². The van der Waals surface area contributed by atoms with Crippen molar-refractivity contribution in [1.29, 1.82) is 0 Å². The number of sulfonamides is 1. The molecule has 0 atom stereocenters. The number of guanidine groups is 2. The molecular weight excluding hydrogens is 268 g/mol. The largest absolute Gasteiger partial charge is 0.370 e. The van der Waals surface area contributed by atoms with Crippen molar-refractivity contribution in [2.45, 2.75) is 6.92 Å². The van der Waals surface area contributed by atoms with Crippen LogP contribution in [0.3, 0.4) is 0 Å². The number of anilines is 1. The molecule has 104 valence electrons. The fourth-order valence-corrected chi connectivity index (χ4v) is 1.90. The molecule has 0 aliphatic carbocycles. The number of hydrogen-bond acceptors (Lipinski definition) is 3. The van der Waals surface area contributed by atoms with E-state index < -0.39 is 10.0 Å². The van der Waals surface area contributed by atoms with Crippen molar-refractivity contribution in [1.82, 2.24) is 0 Å². The minimum Gasteiger partial charge on any atom is -0.370 e. The standard InChI is InChI=1S/C10H16N6O2S/c1-6-3-4-7(14-10(13)15-9(11)12)5-8(6)16-19(2,17)18/h3-5,16H,1-2H3,(H6,11,12,13,14,15). The van der Waals surface area contributed by atoms with E-state index in [-0.39, 0.29) is 11.9 Å². The van der Waals surface area contributed by atoms with E-state index in [2.05, 4.69) is 14.7 Å². The molecule has 0 aliphatic heterocycles. The van der Waals surface area contributed by atoms with Gasteiger partial charge in [0.1, 0.15) is 0 Å². The van der Waals surface area contributed by atoms with Gasteiger partial charge in [-0.2, -0.15) is 4.99 Å². The smallest absolute Gasteiger partial charge is 0.229 e. The second kappa shape index (κ2) is 5.57. The fraction of sp³-hybridized carbons (Fsp3) is 0.200. The van der Waals surface area contributed by atoms with Gasteiger partial charge in [-0.25, -0.2) is 13.4 Å². The first-order valence-electron chi connectivity index (χ1n) is 5.19. The van der Waals surface area contributed by atoms with E-state index >= 15 is 0 Å². The lowest BCUT2D eigenvalue weighted by Crippen LogP contribution is -2.26. The van der Waals surface area contributed by atoms with Gasteiger partial charge in [0.15, 0.2) is 5.96 Å². The Morgan fingerprint density at radius 2 is 1.89 bits per heavy atom. The van der Waals surface area contributed by atoms with Crippen LogP contribution in [0.25, 0.3) is 0 Å². The highest BCUT2D eigenvalue weighted by Crippen LogP contribution is 2.23. The summed E-state index contributed by atoms with van der Waals surface area (Å²) >= 11 is 0. The Morgan fingerprint density at radius 3 is 2.42 bits per heavy atom. The van der Waals surface area contributed by atoms with Crippen molar-refractivity contribution < 1.29 is 8.42 Å². The number of benzene rings is 1. The van der Waals surface area contributed by atoms with Crippen molar-refractivity contribution in [3.63, 3.8) is 0 Å². The summed E-state index contributed by atoms with van der Waals surface area (Å²) in [5, 5.41) is 0. The molecule has 0 saturated carbocycles. The van der Waals surface area contributed by atoms with Gasteiger partial charge in [0.25, 0.3) is 0 Å². The molecule has 1 rings (SSSR count). The Morgan fingerprint density at radius 1 is 1.26 bits per heavy atom. The maximum Gasteiger partial charge on any atom is 0.229 e. The predicted octanol–water partition coefficient (Wildman–Crippen LogP) is -0.414. The van der Waals surface area contributed by atoms with Crippen molar-refractivity contribution in [3.8, 4) is 0 Å². The summed E-state index contributed by atoms with van der Waals surface area (Å²) in [4.78, 5) is 7.50. The van der Waals surface area contributed by atoms with Crippen molar-refractivity contribution in [2.75, 3.05) is 11.0 Å². The summed E-state index contributed by atoms with van der Waals surface area (Å²) in [6.07, 6.45) is 1.07. The molecule has 0 aliphatic rings. The highest BCUT2D eigenvalue weighted by molar-refractivity contribution is 7.92. The van der Waals surface area contributed by atoms with Gasteiger partial charge in [-0.1, -0.05) is 6.07 Å². The Balaban J connectivity index is 3.13. The van der Waals surface area contributed by atoms with Crippen LogP contribution in [0, 0.1) is 6.92 Å². The zero-order valence-electron chi connectivity index (χ0n) is 10.6. The van der Waals surface area contributed by atoms with Crippen molar-refractivity contribution in [3.05, 3.63) is 23.8 Å². The van der Waals surface area contributed by atoms with Gasteiger partial charge in [0, 0.05) is 0 Å². The quantitative estimate of drug-likeness (QED) is 0.439. The molecule has 0 amide bonds. The lowest BCUT2D eigenvalue weighted by molar-refractivity contribution is 0.607. The van der Waals surface area contributed by atoms with Crippen LogP contribution in [0.4, 0.5) is 11.4 Å².